The van der Waals surface area contributed by atoms with Gasteiger partial charge in [-0.1, -0.05) is 17.7 Å². The molecular weight excluding hydrogens is 196 g/mol. The fourth-order valence-electron chi connectivity index (χ4n) is 1.12. The first-order valence-electron chi connectivity index (χ1n) is 4.31. The van der Waals surface area contributed by atoms with Crippen molar-refractivity contribution in [3.8, 4) is 11.5 Å². The zero-order valence-corrected chi connectivity index (χ0v) is 7.97. The molecule has 0 amide bonds. The van der Waals surface area contributed by atoms with Crippen LogP contribution in [0.4, 0.5) is 0 Å². The molecule has 0 saturated carbocycles. The molecule has 0 aliphatic carbocycles. The number of carbonyl (C=O) groups is 1. The molecule has 1 aromatic carbocycles. The molecule has 0 unspecified atom stereocenters. The summed E-state index contributed by atoms with van der Waals surface area (Å²) in [5.41, 5.74) is 1.82. The van der Waals surface area contributed by atoms with Crippen LogP contribution in [0.5, 0.6) is 0 Å². The maximum Gasteiger partial charge on any atom is 0.377 e. The molecule has 0 atom stereocenters. The highest BCUT2D eigenvalue weighted by atomic mass is 16.5. The molecular formula is C10H8N2O3. The predicted molar refractivity (Wildman–Crippen MR) is 51.4 cm³/mol. The van der Waals surface area contributed by atoms with Crippen LogP contribution in [0.2, 0.25) is 0 Å². The Bertz CT molecular complexity index is 488. The number of hydrogen-bond acceptors (Lipinski definition) is 4. The number of aromatic nitrogens is 2. The van der Waals surface area contributed by atoms with Gasteiger partial charge in [0.2, 0.25) is 0 Å². The number of aromatic carboxylic acids is 1. The summed E-state index contributed by atoms with van der Waals surface area (Å²) in [6.07, 6.45) is 0. The lowest BCUT2D eigenvalue weighted by molar-refractivity contribution is 0.0680. The number of rotatable bonds is 2. The highest BCUT2D eigenvalue weighted by Crippen LogP contribution is 2.17. The van der Waals surface area contributed by atoms with E-state index in [2.05, 4.69) is 10.1 Å². The lowest BCUT2D eigenvalue weighted by Gasteiger charge is -1.93. The Kier molecular flexibility index (Phi) is 2.21. The predicted octanol–water partition coefficient (Wildman–Crippen LogP) is 1.74. The molecule has 76 valence electrons. The maximum atomic E-state index is 10.5. The molecule has 15 heavy (non-hydrogen) atoms. The summed E-state index contributed by atoms with van der Waals surface area (Å²) >= 11 is 0. The number of hydrogen-bond donors (Lipinski definition) is 1. The fraction of sp³-hybridized carbons (Fsp3) is 0.100. The van der Waals surface area contributed by atoms with Crippen molar-refractivity contribution in [1.82, 2.24) is 10.1 Å². The lowest BCUT2D eigenvalue weighted by Crippen LogP contribution is -1.98. The summed E-state index contributed by atoms with van der Waals surface area (Å²) in [5, 5.41) is 11.9. The monoisotopic (exact) mass is 204 g/mol. The molecule has 5 heteroatoms. The highest BCUT2D eigenvalue weighted by Gasteiger charge is 2.13. The van der Waals surface area contributed by atoms with Gasteiger partial charge < -0.3 is 9.63 Å². The van der Waals surface area contributed by atoms with Crippen molar-refractivity contribution in [3.63, 3.8) is 0 Å². The molecule has 1 aromatic heterocycles. The van der Waals surface area contributed by atoms with Crippen LogP contribution in [0.25, 0.3) is 11.5 Å². The van der Waals surface area contributed by atoms with Gasteiger partial charge in [0.15, 0.2) is 0 Å². The van der Waals surface area contributed by atoms with Gasteiger partial charge >= 0.3 is 5.97 Å². The van der Waals surface area contributed by atoms with E-state index in [4.69, 9.17) is 9.63 Å². The van der Waals surface area contributed by atoms with Gasteiger partial charge in [0.05, 0.1) is 0 Å². The number of aryl methyl sites for hydroxylation is 1. The Morgan fingerprint density at radius 2 is 2.00 bits per heavy atom. The molecule has 0 saturated heterocycles. The second-order valence-electron chi connectivity index (χ2n) is 3.09. The topological polar surface area (TPSA) is 76.2 Å². The Labute approximate surface area is 85.4 Å². The van der Waals surface area contributed by atoms with Crippen molar-refractivity contribution in [3.05, 3.63) is 35.7 Å². The van der Waals surface area contributed by atoms with E-state index in [9.17, 15) is 4.79 Å². The Morgan fingerprint density at radius 1 is 1.33 bits per heavy atom. The number of carboxylic acid groups (broad SMARTS) is 1. The van der Waals surface area contributed by atoms with Crippen molar-refractivity contribution >= 4 is 5.97 Å². The molecule has 0 spiro atoms. The van der Waals surface area contributed by atoms with Crippen LogP contribution < -0.4 is 0 Å². The zero-order chi connectivity index (χ0) is 10.8. The van der Waals surface area contributed by atoms with Gasteiger partial charge in [-0.2, -0.15) is 4.98 Å². The summed E-state index contributed by atoms with van der Waals surface area (Å²) in [7, 11) is 0. The van der Waals surface area contributed by atoms with Gasteiger partial charge in [0.25, 0.3) is 11.7 Å². The van der Waals surface area contributed by atoms with Crippen molar-refractivity contribution in [1.29, 1.82) is 0 Å². The standard InChI is InChI=1S/C10H8N2O3/c1-6-2-4-7(5-3-6)9-11-8(10(13)14)12-15-9/h2-5H,1H3,(H,13,14). The molecule has 2 aromatic rings. The summed E-state index contributed by atoms with van der Waals surface area (Å²) < 4.78 is 4.81. The summed E-state index contributed by atoms with van der Waals surface area (Å²) in [5.74, 6) is -1.31. The third-order valence-corrected chi connectivity index (χ3v) is 1.92. The maximum absolute atomic E-state index is 10.5. The van der Waals surface area contributed by atoms with Crippen molar-refractivity contribution in [2.45, 2.75) is 6.92 Å². The van der Waals surface area contributed by atoms with Crippen molar-refractivity contribution < 1.29 is 14.4 Å². The Morgan fingerprint density at radius 3 is 2.53 bits per heavy atom. The van der Waals surface area contributed by atoms with E-state index in [0.29, 0.717) is 5.56 Å². The quantitative estimate of drug-likeness (QED) is 0.806. The minimum atomic E-state index is -1.20. The average Bonchev–Trinajstić information content (AvgIpc) is 2.68. The minimum Gasteiger partial charge on any atom is -0.475 e. The summed E-state index contributed by atoms with van der Waals surface area (Å²) in [6.45, 7) is 1.96. The SMILES string of the molecule is Cc1ccc(-c2nc(C(=O)O)no2)cc1. The second-order valence-corrected chi connectivity index (χ2v) is 3.09. The first kappa shape index (κ1) is 9.39. The van der Waals surface area contributed by atoms with Gasteiger partial charge in [-0.25, -0.2) is 4.79 Å². The van der Waals surface area contributed by atoms with Gasteiger partial charge in [-0.15, -0.1) is 0 Å². The van der Waals surface area contributed by atoms with E-state index < -0.39 is 5.97 Å². The number of benzene rings is 1. The Hall–Kier alpha value is -2.17. The lowest BCUT2D eigenvalue weighted by atomic mass is 10.1. The highest BCUT2D eigenvalue weighted by molar-refractivity contribution is 5.83. The zero-order valence-electron chi connectivity index (χ0n) is 7.97. The van der Waals surface area contributed by atoms with E-state index in [-0.39, 0.29) is 11.7 Å². The fourth-order valence-corrected chi connectivity index (χ4v) is 1.12. The molecule has 0 bridgehead atoms. The van der Waals surface area contributed by atoms with Crippen LogP contribution in [0, 0.1) is 6.92 Å². The van der Waals surface area contributed by atoms with Crippen LogP contribution in [-0.2, 0) is 0 Å². The average molecular weight is 204 g/mol. The number of nitrogens with zero attached hydrogens (tertiary/aromatic N) is 2. The normalized spacial score (nSPS) is 10.2. The molecule has 2 rings (SSSR count). The third-order valence-electron chi connectivity index (χ3n) is 1.92. The molecule has 0 aliphatic heterocycles. The summed E-state index contributed by atoms with van der Waals surface area (Å²) in [4.78, 5) is 14.2. The molecule has 1 heterocycles. The van der Waals surface area contributed by atoms with Gasteiger partial charge in [0, 0.05) is 5.56 Å². The first-order chi connectivity index (χ1) is 7.16. The second kappa shape index (κ2) is 3.53. The van der Waals surface area contributed by atoms with Gasteiger partial charge in [0.1, 0.15) is 0 Å². The molecule has 0 radical (unpaired) electrons. The van der Waals surface area contributed by atoms with Crippen LogP contribution in [-0.4, -0.2) is 21.2 Å². The molecule has 1 N–H and O–H groups in total. The molecule has 5 nitrogen and oxygen atoms in total. The van der Waals surface area contributed by atoms with Gasteiger partial charge in [-0.3, -0.25) is 0 Å². The van der Waals surface area contributed by atoms with E-state index in [1.807, 2.05) is 19.1 Å². The van der Waals surface area contributed by atoms with E-state index >= 15 is 0 Å². The molecule has 0 aliphatic rings. The first-order valence-corrected chi connectivity index (χ1v) is 4.31. The smallest absolute Gasteiger partial charge is 0.377 e. The van der Waals surface area contributed by atoms with Crippen LogP contribution >= 0.6 is 0 Å². The van der Waals surface area contributed by atoms with Crippen LogP contribution in [0.15, 0.2) is 28.8 Å². The third kappa shape index (κ3) is 1.85. The Balaban J connectivity index is 2.37. The van der Waals surface area contributed by atoms with Crippen molar-refractivity contribution in [2.24, 2.45) is 0 Å². The summed E-state index contributed by atoms with van der Waals surface area (Å²) in [6, 6.07) is 7.38. The number of carboxylic acids is 1. The van der Waals surface area contributed by atoms with E-state index in [0.717, 1.165) is 5.56 Å². The van der Waals surface area contributed by atoms with E-state index in [1.54, 1.807) is 12.1 Å². The van der Waals surface area contributed by atoms with E-state index in [1.165, 1.54) is 0 Å². The minimum absolute atomic E-state index is 0.215. The van der Waals surface area contributed by atoms with Crippen LogP contribution in [0.3, 0.4) is 0 Å². The van der Waals surface area contributed by atoms with Crippen molar-refractivity contribution in [2.75, 3.05) is 0 Å². The largest absolute Gasteiger partial charge is 0.475 e. The molecule has 0 fully saturated rings. The van der Waals surface area contributed by atoms with Gasteiger partial charge in [-0.05, 0) is 24.2 Å². The van der Waals surface area contributed by atoms with Crippen LogP contribution in [0.1, 0.15) is 16.2 Å².